The third kappa shape index (κ3) is 3.89. The minimum atomic E-state index is -0.942. The van der Waals surface area contributed by atoms with Gasteiger partial charge in [-0.05, 0) is 94.0 Å². The molecule has 0 radical (unpaired) electrons. The van der Waals surface area contributed by atoms with E-state index in [0.717, 1.165) is 29.3 Å². The van der Waals surface area contributed by atoms with Crippen molar-refractivity contribution in [2.45, 2.75) is 70.4 Å². The summed E-state index contributed by atoms with van der Waals surface area (Å²) >= 11 is 0. The molecular formula is C24H31FN2O2. The van der Waals surface area contributed by atoms with Gasteiger partial charge in [-0.3, -0.25) is 9.78 Å². The first-order chi connectivity index (χ1) is 13.6. The Bertz CT molecular complexity index is 922. The van der Waals surface area contributed by atoms with Crippen molar-refractivity contribution in [3.8, 4) is 0 Å². The number of hydrogen-bond donors (Lipinski definition) is 2. The van der Waals surface area contributed by atoms with Gasteiger partial charge in [-0.25, -0.2) is 4.39 Å². The number of halogens is 1. The number of rotatable bonds is 3. The normalized spacial score (nSPS) is 30.3. The number of carbonyl (C=O) groups is 1. The number of fused-ring (bicyclic) bond motifs is 2. The zero-order valence-corrected chi connectivity index (χ0v) is 17.7. The number of aliphatic hydroxyl groups is 1. The molecule has 0 spiro atoms. The van der Waals surface area contributed by atoms with Gasteiger partial charge in [0.25, 0.3) is 0 Å². The second kappa shape index (κ2) is 7.05. The van der Waals surface area contributed by atoms with Gasteiger partial charge in [0, 0.05) is 17.1 Å². The van der Waals surface area contributed by atoms with Crippen LogP contribution in [0.15, 0.2) is 30.5 Å². The van der Waals surface area contributed by atoms with E-state index in [1.807, 2.05) is 33.8 Å². The SMILES string of the molecule is CC(C(=O)NC(C)(C)C)C1(O)C[C@H]2C[C@@H](c3ccnc4ccc(F)cc34)C[C@H]2C1. The Morgan fingerprint density at radius 3 is 2.52 bits per heavy atom. The fourth-order valence-corrected chi connectivity index (χ4v) is 5.53. The van der Waals surface area contributed by atoms with Gasteiger partial charge < -0.3 is 10.4 Å². The first kappa shape index (κ1) is 20.3. The molecule has 2 aromatic rings. The second-order valence-electron chi connectivity index (χ2n) is 10.2. The van der Waals surface area contributed by atoms with Crippen LogP contribution in [-0.4, -0.2) is 27.1 Å². The van der Waals surface area contributed by atoms with Gasteiger partial charge in [-0.2, -0.15) is 0 Å². The monoisotopic (exact) mass is 398 g/mol. The van der Waals surface area contributed by atoms with Crippen molar-refractivity contribution in [2.24, 2.45) is 17.8 Å². The Morgan fingerprint density at radius 2 is 1.90 bits per heavy atom. The zero-order chi connectivity index (χ0) is 21.0. The lowest BCUT2D eigenvalue weighted by atomic mass is 9.82. The van der Waals surface area contributed by atoms with E-state index in [-0.39, 0.29) is 17.3 Å². The Hall–Kier alpha value is -2.01. The van der Waals surface area contributed by atoms with Crippen LogP contribution >= 0.6 is 0 Å². The van der Waals surface area contributed by atoms with Crippen molar-refractivity contribution >= 4 is 16.8 Å². The summed E-state index contributed by atoms with van der Waals surface area (Å²) in [6, 6.07) is 6.78. The maximum Gasteiger partial charge on any atom is 0.226 e. The maximum atomic E-state index is 13.8. The zero-order valence-electron chi connectivity index (χ0n) is 17.7. The van der Waals surface area contributed by atoms with Crippen molar-refractivity contribution in [2.75, 3.05) is 0 Å². The molecular weight excluding hydrogens is 367 g/mol. The molecule has 5 atom stereocenters. The molecule has 0 aliphatic heterocycles. The molecule has 1 heterocycles. The van der Waals surface area contributed by atoms with E-state index in [1.54, 1.807) is 18.3 Å². The van der Waals surface area contributed by atoms with Crippen LogP contribution < -0.4 is 5.32 Å². The third-order valence-electron chi connectivity index (χ3n) is 6.95. The third-order valence-corrected chi connectivity index (χ3v) is 6.95. The number of benzene rings is 1. The van der Waals surface area contributed by atoms with Crippen LogP contribution in [0.4, 0.5) is 4.39 Å². The molecule has 2 N–H and O–H groups in total. The standard InChI is InChI=1S/C24H31FN2O2/c1-14(22(28)27-23(2,3)4)24(29)12-16-9-15(10-17(16)13-24)19-7-8-26-21-6-5-18(25)11-20(19)21/h5-8,11,14-17,29H,9-10,12-13H2,1-4H3,(H,27,28)/t14?,15-,16-,17+,24?. The Balaban J connectivity index is 1.49. The fraction of sp³-hybridized carbons (Fsp3) is 0.583. The lowest BCUT2D eigenvalue weighted by Crippen LogP contribution is -2.50. The number of carbonyl (C=O) groups excluding carboxylic acids is 1. The highest BCUT2D eigenvalue weighted by Gasteiger charge is 2.52. The lowest BCUT2D eigenvalue weighted by Gasteiger charge is -2.33. The van der Waals surface area contributed by atoms with Crippen LogP contribution in [0.5, 0.6) is 0 Å². The number of nitrogens with zero attached hydrogens (tertiary/aromatic N) is 1. The van der Waals surface area contributed by atoms with Crippen LogP contribution in [0.1, 0.15) is 64.9 Å². The van der Waals surface area contributed by atoms with Crippen molar-refractivity contribution in [3.63, 3.8) is 0 Å². The molecule has 1 aromatic heterocycles. The largest absolute Gasteiger partial charge is 0.389 e. The molecule has 2 unspecified atom stereocenters. The predicted molar refractivity (Wildman–Crippen MR) is 112 cm³/mol. The molecule has 5 heteroatoms. The van der Waals surface area contributed by atoms with Gasteiger partial charge in [-0.1, -0.05) is 6.92 Å². The van der Waals surface area contributed by atoms with Crippen LogP contribution in [0.2, 0.25) is 0 Å². The first-order valence-electron chi connectivity index (χ1n) is 10.6. The van der Waals surface area contributed by atoms with E-state index in [2.05, 4.69) is 10.3 Å². The van der Waals surface area contributed by atoms with Crippen molar-refractivity contribution in [1.29, 1.82) is 0 Å². The van der Waals surface area contributed by atoms with Crippen molar-refractivity contribution in [1.82, 2.24) is 10.3 Å². The van der Waals surface area contributed by atoms with Crippen LogP contribution in [0, 0.1) is 23.6 Å². The molecule has 0 bridgehead atoms. The van der Waals surface area contributed by atoms with Crippen molar-refractivity contribution < 1.29 is 14.3 Å². The highest BCUT2D eigenvalue weighted by molar-refractivity contribution is 5.82. The molecule has 2 aliphatic carbocycles. The number of amides is 1. The highest BCUT2D eigenvalue weighted by Crippen LogP contribution is 2.56. The van der Waals surface area contributed by atoms with Gasteiger partial charge >= 0.3 is 0 Å². The summed E-state index contributed by atoms with van der Waals surface area (Å²) in [5.74, 6) is 0.394. The van der Waals surface area contributed by atoms with Crippen LogP contribution in [-0.2, 0) is 4.79 Å². The topological polar surface area (TPSA) is 62.2 Å². The lowest BCUT2D eigenvalue weighted by molar-refractivity contribution is -0.135. The number of hydrogen-bond acceptors (Lipinski definition) is 3. The summed E-state index contributed by atoms with van der Waals surface area (Å²) in [6.07, 6.45) is 5.06. The van der Waals surface area contributed by atoms with E-state index >= 15 is 0 Å². The van der Waals surface area contributed by atoms with Gasteiger partial charge in [0.05, 0.1) is 17.0 Å². The van der Waals surface area contributed by atoms with Crippen molar-refractivity contribution in [3.05, 3.63) is 41.8 Å². The van der Waals surface area contributed by atoms with Gasteiger partial charge in [0.1, 0.15) is 5.82 Å². The number of pyridine rings is 1. The highest BCUT2D eigenvalue weighted by atomic mass is 19.1. The quantitative estimate of drug-likeness (QED) is 0.797. The summed E-state index contributed by atoms with van der Waals surface area (Å²) in [5, 5.41) is 15.2. The molecule has 2 fully saturated rings. The number of nitrogens with one attached hydrogen (secondary N) is 1. The first-order valence-corrected chi connectivity index (χ1v) is 10.6. The molecule has 2 saturated carbocycles. The Morgan fingerprint density at radius 1 is 1.24 bits per heavy atom. The molecule has 156 valence electrons. The summed E-state index contributed by atoms with van der Waals surface area (Å²) in [4.78, 5) is 17.0. The predicted octanol–water partition coefficient (Wildman–Crippen LogP) is 4.56. The summed E-state index contributed by atoms with van der Waals surface area (Å²) in [6.45, 7) is 7.71. The summed E-state index contributed by atoms with van der Waals surface area (Å²) in [7, 11) is 0. The molecule has 0 saturated heterocycles. The van der Waals surface area contributed by atoms with Gasteiger partial charge in [0.2, 0.25) is 5.91 Å². The average Bonchev–Trinajstić information content (AvgIpc) is 3.14. The minimum Gasteiger partial charge on any atom is -0.389 e. The Kier molecular flexibility index (Phi) is 4.93. The fourth-order valence-electron chi connectivity index (χ4n) is 5.53. The van der Waals surface area contributed by atoms with E-state index in [0.29, 0.717) is 30.6 Å². The molecule has 1 amide bonds. The average molecular weight is 399 g/mol. The van der Waals surface area contributed by atoms with Gasteiger partial charge in [0.15, 0.2) is 0 Å². The van der Waals surface area contributed by atoms with Crippen LogP contribution in [0.3, 0.4) is 0 Å². The maximum absolute atomic E-state index is 13.8. The van der Waals surface area contributed by atoms with E-state index in [9.17, 15) is 14.3 Å². The number of aromatic nitrogens is 1. The smallest absolute Gasteiger partial charge is 0.226 e. The molecule has 29 heavy (non-hydrogen) atoms. The Labute approximate surface area is 171 Å². The molecule has 4 nitrogen and oxygen atoms in total. The summed E-state index contributed by atoms with van der Waals surface area (Å²) < 4.78 is 13.8. The van der Waals surface area contributed by atoms with Crippen LogP contribution in [0.25, 0.3) is 10.9 Å². The van der Waals surface area contributed by atoms with E-state index < -0.39 is 11.5 Å². The van der Waals surface area contributed by atoms with E-state index in [1.165, 1.54) is 6.07 Å². The molecule has 1 aromatic carbocycles. The molecule has 2 aliphatic rings. The molecule has 4 rings (SSSR count). The second-order valence-corrected chi connectivity index (χ2v) is 10.2. The van der Waals surface area contributed by atoms with Gasteiger partial charge in [-0.15, -0.1) is 0 Å². The van der Waals surface area contributed by atoms with E-state index in [4.69, 9.17) is 0 Å². The summed E-state index contributed by atoms with van der Waals surface area (Å²) in [5.41, 5.74) is 0.733. The minimum absolute atomic E-state index is 0.0767.